The molecule has 1 heterocycles. The molecule has 0 fully saturated rings. The van der Waals surface area contributed by atoms with Crippen LogP contribution >= 0.6 is 0 Å². The maximum absolute atomic E-state index is 5.67. The number of aromatic nitrogens is 1. The molecule has 1 aromatic carbocycles. The topological polar surface area (TPSA) is 42.1 Å². The minimum atomic E-state index is 0.540. The van der Waals surface area contributed by atoms with Crippen molar-refractivity contribution in [3.05, 3.63) is 48.0 Å². The number of hydrogen-bond donors (Lipinski definition) is 1. The van der Waals surface area contributed by atoms with Crippen molar-refractivity contribution in [3.8, 4) is 0 Å². The molecule has 2 N–H and O–H groups in total. The molecule has 0 atom stereocenters. The first kappa shape index (κ1) is 10.5. The van der Waals surface area contributed by atoms with E-state index in [4.69, 9.17) is 5.73 Å². The normalized spacial score (nSPS) is 10.1. The highest BCUT2D eigenvalue weighted by molar-refractivity contribution is 5.63. The van der Waals surface area contributed by atoms with E-state index in [2.05, 4.69) is 24.0 Å². The fourth-order valence-corrected chi connectivity index (χ4v) is 1.69. The minimum Gasteiger partial charge on any atom is -0.384 e. The summed E-state index contributed by atoms with van der Waals surface area (Å²) in [5.41, 5.74) is 8.03. The van der Waals surface area contributed by atoms with E-state index in [1.807, 2.05) is 36.2 Å². The Morgan fingerprint density at radius 2 is 1.81 bits per heavy atom. The lowest BCUT2D eigenvalue weighted by atomic mass is 10.2. The maximum Gasteiger partial charge on any atom is 0.135 e. The molecule has 2 rings (SSSR count). The van der Waals surface area contributed by atoms with Gasteiger partial charge in [0.1, 0.15) is 11.6 Å². The van der Waals surface area contributed by atoms with Crippen molar-refractivity contribution in [1.82, 2.24) is 4.98 Å². The summed E-state index contributed by atoms with van der Waals surface area (Å²) in [4.78, 5) is 6.33. The van der Waals surface area contributed by atoms with Crippen LogP contribution in [0.4, 0.5) is 17.3 Å². The zero-order valence-electron chi connectivity index (χ0n) is 9.51. The first-order valence-corrected chi connectivity index (χ1v) is 5.20. The van der Waals surface area contributed by atoms with Gasteiger partial charge < -0.3 is 10.6 Å². The largest absolute Gasteiger partial charge is 0.384 e. The SMILES string of the molecule is Cc1ccccc1N(C)c1cccc(N)n1. The second kappa shape index (κ2) is 4.23. The smallest absolute Gasteiger partial charge is 0.135 e. The molecular formula is C13H15N3. The van der Waals surface area contributed by atoms with Crippen molar-refractivity contribution < 1.29 is 0 Å². The lowest BCUT2D eigenvalue weighted by molar-refractivity contribution is 1.12. The molecule has 0 saturated heterocycles. The van der Waals surface area contributed by atoms with E-state index in [9.17, 15) is 0 Å². The third kappa shape index (κ3) is 1.98. The number of para-hydroxylation sites is 1. The van der Waals surface area contributed by atoms with Gasteiger partial charge in [-0.3, -0.25) is 0 Å². The second-order valence-electron chi connectivity index (χ2n) is 3.77. The second-order valence-corrected chi connectivity index (χ2v) is 3.77. The average molecular weight is 213 g/mol. The number of rotatable bonds is 2. The molecule has 0 radical (unpaired) electrons. The zero-order chi connectivity index (χ0) is 11.5. The van der Waals surface area contributed by atoms with E-state index in [1.165, 1.54) is 5.56 Å². The number of pyridine rings is 1. The summed E-state index contributed by atoms with van der Waals surface area (Å²) in [7, 11) is 1.99. The molecule has 0 bridgehead atoms. The highest BCUT2D eigenvalue weighted by atomic mass is 15.2. The molecule has 0 amide bonds. The van der Waals surface area contributed by atoms with Crippen molar-refractivity contribution in [2.24, 2.45) is 0 Å². The standard InChI is InChI=1S/C13H15N3/c1-10-6-3-4-7-11(10)16(2)13-9-5-8-12(14)15-13/h3-9H,1-2H3,(H2,14,15). The molecule has 0 saturated carbocycles. The number of benzene rings is 1. The van der Waals surface area contributed by atoms with Crippen LogP contribution in [0.1, 0.15) is 5.56 Å². The summed E-state index contributed by atoms with van der Waals surface area (Å²) in [6, 6.07) is 13.8. The molecular weight excluding hydrogens is 198 g/mol. The molecule has 0 spiro atoms. The third-order valence-electron chi connectivity index (χ3n) is 2.58. The minimum absolute atomic E-state index is 0.540. The van der Waals surface area contributed by atoms with Crippen LogP contribution in [0.2, 0.25) is 0 Å². The van der Waals surface area contributed by atoms with Gasteiger partial charge in [0.25, 0.3) is 0 Å². The van der Waals surface area contributed by atoms with Crippen molar-refractivity contribution in [2.45, 2.75) is 6.92 Å². The van der Waals surface area contributed by atoms with Crippen LogP contribution in [-0.2, 0) is 0 Å². The Hall–Kier alpha value is -2.03. The molecule has 3 nitrogen and oxygen atoms in total. The highest BCUT2D eigenvalue weighted by Crippen LogP contribution is 2.25. The summed E-state index contributed by atoms with van der Waals surface area (Å²) in [6.45, 7) is 2.08. The van der Waals surface area contributed by atoms with E-state index in [0.29, 0.717) is 5.82 Å². The van der Waals surface area contributed by atoms with Crippen molar-refractivity contribution in [1.29, 1.82) is 0 Å². The molecule has 0 aliphatic heterocycles. The molecule has 0 aliphatic rings. The summed E-state index contributed by atoms with van der Waals surface area (Å²) < 4.78 is 0. The van der Waals surface area contributed by atoms with Crippen molar-refractivity contribution >= 4 is 17.3 Å². The fraction of sp³-hybridized carbons (Fsp3) is 0.154. The van der Waals surface area contributed by atoms with Gasteiger partial charge in [-0.15, -0.1) is 0 Å². The predicted octanol–water partition coefficient (Wildman–Crippen LogP) is 2.74. The molecule has 16 heavy (non-hydrogen) atoms. The number of aryl methyl sites for hydroxylation is 1. The molecule has 1 aromatic heterocycles. The lowest BCUT2D eigenvalue weighted by Gasteiger charge is -2.20. The summed E-state index contributed by atoms with van der Waals surface area (Å²) in [5, 5.41) is 0. The van der Waals surface area contributed by atoms with Crippen LogP contribution in [0.25, 0.3) is 0 Å². The quantitative estimate of drug-likeness (QED) is 0.834. The van der Waals surface area contributed by atoms with Crippen molar-refractivity contribution in [2.75, 3.05) is 17.7 Å². The van der Waals surface area contributed by atoms with Crippen LogP contribution in [0, 0.1) is 6.92 Å². The molecule has 0 unspecified atom stereocenters. The zero-order valence-corrected chi connectivity index (χ0v) is 9.51. The fourth-order valence-electron chi connectivity index (χ4n) is 1.69. The van der Waals surface area contributed by atoms with Gasteiger partial charge in [-0.25, -0.2) is 4.98 Å². The summed E-state index contributed by atoms with van der Waals surface area (Å²) in [6.07, 6.45) is 0. The van der Waals surface area contributed by atoms with Gasteiger partial charge in [0.15, 0.2) is 0 Å². The van der Waals surface area contributed by atoms with Crippen molar-refractivity contribution in [3.63, 3.8) is 0 Å². The van der Waals surface area contributed by atoms with E-state index in [1.54, 1.807) is 6.07 Å². The monoisotopic (exact) mass is 213 g/mol. The van der Waals surface area contributed by atoms with E-state index in [-0.39, 0.29) is 0 Å². The van der Waals surface area contributed by atoms with E-state index in [0.717, 1.165) is 11.5 Å². The van der Waals surface area contributed by atoms with Crippen LogP contribution in [0.15, 0.2) is 42.5 Å². The van der Waals surface area contributed by atoms with Gasteiger partial charge in [0.2, 0.25) is 0 Å². The van der Waals surface area contributed by atoms with Gasteiger partial charge in [-0.1, -0.05) is 24.3 Å². The Morgan fingerprint density at radius 1 is 1.06 bits per heavy atom. The van der Waals surface area contributed by atoms with E-state index < -0.39 is 0 Å². The number of nitrogens with zero attached hydrogens (tertiary/aromatic N) is 2. The van der Waals surface area contributed by atoms with Crippen LogP contribution in [0.5, 0.6) is 0 Å². The van der Waals surface area contributed by atoms with E-state index >= 15 is 0 Å². The van der Waals surface area contributed by atoms with Gasteiger partial charge in [-0.05, 0) is 30.7 Å². The molecule has 3 heteroatoms. The Morgan fingerprint density at radius 3 is 2.50 bits per heavy atom. The van der Waals surface area contributed by atoms with Gasteiger partial charge in [-0.2, -0.15) is 0 Å². The molecule has 82 valence electrons. The highest BCUT2D eigenvalue weighted by Gasteiger charge is 2.07. The van der Waals surface area contributed by atoms with Crippen LogP contribution < -0.4 is 10.6 Å². The number of anilines is 3. The van der Waals surface area contributed by atoms with Gasteiger partial charge >= 0.3 is 0 Å². The number of hydrogen-bond acceptors (Lipinski definition) is 3. The summed E-state index contributed by atoms with van der Waals surface area (Å²) >= 11 is 0. The Kier molecular flexibility index (Phi) is 2.77. The molecule has 2 aromatic rings. The molecule has 0 aliphatic carbocycles. The predicted molar refractivity (Wildman–Crippen MR) is 67.9 cm³/mol. The maximum atomic E-state index is 5.67. The summed E-state index contributed by atoms with van der Waals surface area (Å²) in [5.74, 6) is 1.40. The first-order chi connectivity index (χ1) is 7.68. The first-order valence-electron chi connectivity index (χ1n) is 5.20. The average Bonchev–Trinajstić information content (AvgIpc) is 2.29. The Balaban J connectivity index is 2.39. The third-order valence-corrected chi connectivity index (χ3v) is 2.58. The Bertz CT molecular complexity index is 494. The number of nitrogen functional groups attached to an aromatic ring is 1. The van der Waals surface area contributed by atoms with Crippen LogP contribution in [-0.4, -0.2) is 12.0 Å². The Labute approximate surface area is 95.5 Å². The lowest BCUT2D eigenvalue weighted by Crippen LogP contribution is -2.12. The van der Waals surface area contributed by atoms with Gasteiger partial charge in [0.05, 0.1) is 0 Å². The van der Waals surface area contributed by atoms with Crippen LogP contribution in [0.3, 0.4) is 0 Å². The number of nitrogens with two attached hydrogens (primary N) is 1. The van der Waals surface area contributed by atoms with Gasteiger partial charge in [0, 0.05) is 12.7 Å².